The second-order valence-electron chi connectivity index (χ2n) is 3.23. The summed E-state index contributed by atoms with van der Waals surface area (Å²) in [7, 11) is 0. The van der Waals surface area contributed by atoms with Crippen LogP contribution in [0.2, 0.25) is 0 Å². The van der Waals surface area contributed by atoms with Gasteiger partial charge in [0.1, 0.15) is 6.10 Å². The van der Waals surface area contributed by atoms with Gasteiger partial charge in [-0.25, -0.2) is 0 Å². The van der Waals surface area contributed by atoms with Crippen molar-refractivity contribution in [3.63, 3.8) is 0 Å². The first-order valence-corrected chi connectivity index (χ1v) is 4.54. The highest BCUT2D eigenvalue weighted by Crippen LogP contribution is 2.23. The highest BCUT2D eigenvalue weighted by Gasteiger charge is 2.31. The van der Waals surface area contributed by atoms with Crippen LogP contribution >= 0.6 is 0 Å². The zero-order valence-electron chi connectivity index (χ0n) is 7.95. The van der Waals surface area contributed by atoms with Crippen LogP contribution in [0, 0.1) is 5.92 Å². The van der Waals surface area contributed by atoms with E-state index in [9.17, 15) is 9.59 Å². The Morgan fingerprint density at radius 3 is 2.85 bits per heavy atom. The fourth-order valence-electron chi connectivity index (χ4n) is 1.54. The summed E-state index contributed by atoms with van der Waals surface area (Å²) in [6.45, 7) is 3.37. The van der Waals surface area contributed by atoms with Gasteiger partial charge in [-0.2, -0.15) is 0 Å². The van der Waals surface area contributed by atoms with E-state index < -0.39 is 0 Å². The van der Waals surface area contributed by atoms with Crippen LogP contribution in [0.3, 0.4) is 0 Å². The normalized spacial score (nSPS) is 26.5. The minimum absolute atomic E-state index is 0.0769. The number of carbonyl (C=O) groups excluding carboxylic acids is 2. The number of hydrogen-bond donors (Lipinski definition) is 0. The number of rotatable bonds is 3. The molecule has 0 saturated heterocycles. The first kappa shape index (κ1) is 9.96. The van der Waals surface area contributed by atoms with Crippen molar-refractivity contribution in [1.29, 1.82) is 0 Å². The molecule has 0 bridgehead atoms. The van der Waals surface area contributed by atoms with Crippen LogP contribution in [0.4, 0.5) is 0 Å². The monoisotopic (exact) mass is 182 g/mol. The number of hydrogen-bond acceptors (Lipinski definition) is 3. The largest absolute Gasteiger partial charge is 0.458 e. The Morgan fingerprint density at radius 1 is 1.62 bits per heavy atom. The first-order valence-electron chi connectivity index (χ1n) is 4.54. The summed E-state index contributed by atoms with van der Waals surface area (Å²) < 4.78 is 5.00. The molecule has 0 amide bonds. The molecule has 1 aliphatic rings. The smallest absolute Gasteiger partial charge is 0.303 e. The molecule has 1 rings (SSSR count). The number of allylic oxidation sites excluding steroid dienone is 1. The van der Waals surface area contributed by atoms with Crippen molar-refractivity contribution in [3.8, 4) is 0 Å². The molecule has 3 heteroatoms. The van der Waals surface area contributed by atoms with Gasteiger partial charge in [0, 0.05) is 6.92 Å². The van der Waals surface area contributed by atoms with Crippen molar-refractivity contribution in [2.45, 2.75) is 32.8 Å². The second-order valence-corrected chi connectivity index (χ2v) is 3.23. The molecule has 0 aromatic rings. The standard InChI is InChI=1S/C10H14O3/c1-3-4-8-9(12)5-6-10(8)13-7(2)11/h5-6,8,10H,3-4H2,1-2H3. The topological polar surface area (TPSA) is 43.4 Å². The van der Waals surface area contributed by atoms with Crippen LogP contribution in [-0.4, -0.2) is 17.9 Å². The van der Waals surface area contributed by atoms with E-state index in [0.29, 0.717) is 0 Å². The van der Waals surface area contributed by atoms with Crippen LogP contribution < -0.4 is 0 Å². The molecular weight excluding hydrogens is 168 g/mol. The Hall–Kier alpha value is -1.12. The van der Waals surface area contributed by atoms with E-state index in [-0.39, 0.29) is 23.8 Å². The molecule has 0 heterocycles. The molecule has 0 aromatic carbocycles. The number of esters is 1. The summed E-state index contributed by atoms with van der Waals surface area (Å²) >= 11 is 0. The number of ether oxygens (including phenoxy) is 1. The number of carbonyl (C=O) groups is 2. The van der Waals surface area contributed by atoms with Crippen molar-refractivity contribution in [1.82, 2.24) is 0 Å². The minimum Gasteiger partial charge on any atom is -0.458 e. The third-order valence-corrected chi connectivity index (χ3v) is 2.11. The van der Waals surface area contributed by atoms with E-state index in [1.54, 1.807) is 6.08 Å². The van der Waals surface area contributed by atoms with E-state index in [1.807, 2.05) is 6.92 Å². The second kappa shape index (κ2) is 4.21. The summed E-state index contributed by atoms with van der Waals surface area (Å²) in [4.78, 5) is 22.0. The molecule has 2 atom stereocenters. The van der Waals surface area contributed by atoms with Crippen LogP contribution in [-0.2, 0) is 14.3 Å². The van der Waals surface area contributed by atoms with Gasteiger partial charge in [-0.15, -0.1) is 0 Å². The predicted octanol–water partition coefficient (Wildman–Crippen LogP) is 1.47. The molecule has 0 N–H and O–H groups in total. The molecule has 72 valence electrons. The molecule has 2 unspecified atom stereocenters. The van der Waals surface area contributed by atoms with Crippen LogP contribution in [0.1, 0.15) is 26.7 Å². The maximum atomic E-state index is 11.3. The molecular formula is C10H14O3. The van der Waals surface area contributed by atoms with Crippen LogP contribution in [0.25, 0.3) is 0 Å². The van der Waals surface area contributed by atoms with Crippen molar-refractivity contribution in [2.24, 2.45) is 5.92 Å². The fourth-order valence-corrected chi connectivity index (χ4v) is 1.54. The number of ketones is 1. The van der Waals surface area contributed by atoms with Gasteiger partial charge in [-0.05, 0) is 18.6 Å². The molecule has 0 radical (unpaired) electrons. The third-order valence-electron chi connectivity index (χ3n) is 2.11. The van der Waals surface area contributed by atoms with E-state index in [4.69, 9.17) is 4.74 Å². The van der Waals surface area contributed by atoms with Gasteiger partial charge < -0.3 is 4.74 Å². The molecule has 0 aromatic heterocycles. The molecule has 1 aliphatic carbocycles. The molecule has 0 spiro atoms. The Kier molecular flexibility index (Phi) is 3.23. The Morgan fingerprint density at radius 2 is 2.31 bits per heavy atom. The fraction of sp³-hybridized carbons (Fsp3) is 0.600. The summed E-state index contributed by atoms with van der Waals surface area (Å²) in [5.41, 5.74) is 0. The maximum absolute atomic E-state index is 11.3. The average molecular weight is 182 g/mol. The molecule has 3 nitrogen and oxygen atoms in total. The van der Waals surface area contributed by atoms with Gasteiger partial charge in [-0.3, -0.25) is 9.59 Å². The van der Waals surface area contributed by atoms with Crippen molar-refractivity contribution in [3.05, 3.63) is 12.2 Å². The lowest BCUT2D eigenvalue weighted by Gasteiger charge is -2.16. The van der Waals surface area contributed by atoms with Gasteiger partial charge in [0.05, 0.1) is 5.92 Å². The summed E-state index contributed by atoms with van der Waals surface area (Å²) in [6.07, 6.45) is 4.56. The van der Waals surface area contributed by atoms with E-state index in [2.05, 4.69) is 0 Å². The van der Waals surface area contributed by atoms with E-state index in [0.717, 1.165) is 12.8 Å². The van der Waals surface area contributed by atoms with Crippen molar-refractivity contribution >= 4 is 11.8 Å². The van der Waals surface area contributed by atoms with Gasteiger partial charge in [-0.1, -0.05) is 13.3 Å². The van der Waals surface area contributed by atoms with E-state index >= 15 is 0 Å². The lowest BCUT2D eigenvalue weighted by Crippen LogP contribution is -2.24. The van der Waals surface area contributed by atoms with Gasteiger partial charge in [0.25, 0.3) is 0 Å². The Bertz CT molecular complexity index is 243. The molecule has 0 fully saturated rings. The van der Waals surface area contributed by atoms with Crippen molar-refractivity contribution in [2.75, 3.05) is 0 Å². The molecule has 0 saturated carbocycles. The van der Waals surface area contributed by atoms with Crippen LogP contribution in [0.15, 0.2) is 12.2 Å². The van der Waals surface area contributed by atoms with Crippen molar-refractivity contribution < 1.29 is 14.3 Å². The highest BCUT2D eigenvalue weighted by atomic mass is 16.5. The lowest BCUT2D eigenvalue weighted by molar-refractivity contribution is -0.146. The Balaban J connectivity index is 2.58. The summed E-state index contributed by atoms with van der Waals surface area (Å²) in [5, 5.41) is 0. The third kappa shape index (κ3) is 2.41. The predicted molar refractivity (Wildman–Crippen MR) is 48.1 cm³/mol. The summed E-state index contributed by atoms with van der Waals surface area (Å²) in [6, 6.07) is 0. The van der Waals surface area contributed by atoms with E-state index in [1.165, 1.54) is 13.0 Å². The van der Waals surface area contributed by atoms with Crippen LogP contribution in [0.5, 0.6) is 0 Å². The minimum atomic E-state index is -0.329. The highest BCUT2D eigenvalue weighted by molar-refractivity contribution is 5.95. The lowest BCUT2D eigenvalue weighted by atomic mass is 9.98. The first-order chi connectivity index (χ1) is 6.15. The zero-order chi connectivity index (χ0) is 9.84. The van der Waals surface area contributed by atoms with Gasteiger partial charge >= 0.3 is 5.97 Å². The molecule has 13 heavy (non-hydrogen) atoms. The quantitative estimate of drug-likeness (QED) is 0.621. The summed E-state index contributed by atoms with van der Waals surface area (Å²) in [5.74, 6) is -0.396. The van der Waals surface area contributed by atoms with Gasteiger partial charge in [0.15, 0.2) is 5.78 Å². The van der Waals surface area contributed by atoms with Gasteiger partial charge in [0.2, 0.25) is 0 Å². The maximum Gasteiger partial charge on any atom is 0.303 e. The average Bonchev–Trinajstić information content (AvgIpc) is 2.35. The zero-order valence-corrected chi connectivity index (χ0v) is 7.95. The Labute approximate surface area is 77.8 Å². The SMILES string of the molecule is CCCC1C(=O)C=CC1OC(C)=O. The molecule has 0 aliphatic heterocycles.